The molecule has 6 rings (SSSR count). The number of anilines is 1. The fourth-order valence-corrected chi connectivity index (χ4v) is 5.61. The van der Waals surface area contributed by atoms with E-state index in [2.05, 4.69) is 16.0 Å². The van der Waals surface area contributed by atoms with E-state index in [0.717, 1.165) is 33.4 Å². The zero-order valence-corrected chi connectivity index (χ0v) is 20.1. The first-order valence-corrected chi connectivity index (χ1v) is 12.3. The highest BCUT2D eigenvalue weighted by Gasteiger charge is 2.41. The Morgan fingerprint density at radius 2 is 1.64 bits per heavy atom. The molecule has 7 heteroatoms. The largest absolute Gasteiger partial charge is 0.368 e. The maximum atomic E-state index is 13.5. The molecule has 0 unspecified atom stereocenters. The zero-order chi connectivity index (χ0) is 24.8. The van der Waals surface area contributed by atoms with Crippen molar-refractivity contribution in [3.05, 3.63) is 101 Å². The van der Waals surface area contributed by atoms with Gasteiger partial charge in [-0.05, 0) is 48.9 Å². The smallest absolute Gasteiger partial charge is 0.255 e. The van der Waals surface area contributed by atoms with E-state index in [1.54, 1.807) is 17.0 Å². The summed E-state index contributed by atoms with van der Waals surface area (Å²) in [6, 6.07) is 21.9. The van der Waals surface area contributed by atoms with Crippen molar-refractivity contribution in [2.75, 3.05) is 37.6 Å². The second kappa shape index (κ2) is 8.82. The van der Waals surface area contributed by atoms with Crippen LogP contribution in [0, 0.1) is 12.7 Å². The molecule has 36 heavy (non-hydrogen) atoms. The fourth-order valence-electron chi connectivity index (χ4n) is 5.61. The topological polar surface area (TPSA) is 59.7 Å². The Morgan fingerprint density at radius 1 is 0.944 bits per heavy atom. The molecule has 4 aromatic rings. The van der Waals surface area contributed by atoms with Gasteiger partial charge in [0.2, 0.25) is 5.91 Å². The van der Waals surface area contributed by atoms with E-state index >= 15 is 0 Å². The third kappa shape index (κ3) is 3.71. The Kier molecular flexibility index (Phi) is 5.48. The van der Waals surface area contributed by atoms with Crippen molar-refractivity contribution in [2.24, 2.45) is 0 Å². The van der Waals surface area contributed by atoms with Gasteiger partial charge in [-0.1, -0.05) is 36.4 Å². The first-order valence-electron chi connectivity index (χ1n) is 12.3. The summed E-state index contributed by atoms with van der Waals surface area (Å²) in [4.78, 5) is 36.1. The van der Waals surface area contributed by atoms with Gasteiger partial charge in [0.25, 0.3) is 5.91 Å². The molecule has 0 bridgehead atoms. The number of benzene rings is 3. The molecule has 6 nitrogen and oxygen atoms in total. The first kappa shape index (κ1) is 22.3. The molecule has 0 spiro atoms. The molecule has 1 saturated heterocycles. The maximum absolute atomic E-state index is 13.5. The molecule has 1 N–H and O–H groups in total. The molecule has 1 atom stereocenters. The first-order chi connectivity index (χ1) is 17.5. The second-order valence-electron chi connectivity index (χ2n) is 9.48. The average molecular weight is 483 g/mol. The lowest BCUT2D eigenvalue weighted by Gasteiger charge is -2.37. The molecular weight excluding hydrogens is 455 g/mol. The Bertz CT molecular complexity index is 1450. The van der Waals surface area contributed by atoms with Crippen LogP contribution in [0.4, 0.5) is 10.1 Å². The lowest BCUT2D eigenvalue weighted by Crippen LogP contribution is -2.51. The number of aryl methyl sites for hydroxylation is 1. The Balaban J connectivity index is 1.25. The normalized spacial score (nSPS) is 17.7. The molecule has 3 aromatic carbocycles. The zero-order valence-electron chi connectivity index (χ0n) is 20.1. The van der Waals surface area contributed by atoms with E-state index in [1.165, 1.54) is 12.1 Å². The number of hydrogen-bond donors (Lipinski definition) is 1. The van der Waals surface area contributed by atoms with Crippen molar-refractivity contribution in [3.8, 4) is 0 Å². The Hall–Kier alpha value is -4.13. The van der Waals surface area contributed by atoms with Crippen molar-refractivity contribution in [3.63, 3.8) is 0 Å². The molecule has 182 valence electrons. The van der Waals surface area contributed by atoms with Crippen LogP contribution in [0.5, 0.6) is 0 Å². The van der Waals surface area contributed by atoms with Gasteiger partial charge in [0.1, 0.15) is 12.4 Å². The number of hydrogen-bond acceptors (Lipinski definition) is 3. The van der Waals surface area contributed by atoms with Gasteiger partial charge in [-0.2, -0.15) is 0 Å². The highest BCUT2D eigenvalue weighted by Crippen LogP contribution is 2.42. The SMILES string of the molecule is Cc1[nH]c2ccccc2c1[C@H]1c2ccccc2C(=O)N1CC(=O)N1CCN(c2ccc(F)cc2)CC1. The van der Waals surface area contributed by atoms with E-state index in [9.17, 15) is 14.0 Å². The molecule has 2 aliphatic rings. The van der Waals surface area contributed by atoms with Gasteiger partial charge in [0.05, 0.1) is 6.04 Å². The summed E-state index contributed by atoms with van der Waals surface area (Å²) in [5.41, 5.74) is 5.59. The van der Waals surface area contributed by atoms with Gasteiger partial charge in [-0.3, -0.25) is 9.59 Å². The van der Waals surface area contributed by atoms with Crippen LogP contribution < -0.4 is 4.90 Å². The van der Waals surface area contributed by atoms with Gasteiger partial charge >= 0.3 is 0 Å². The number of nitrogens with one attached hydrogen (secondary N) is 1. The van der Waals surface area contributed by atoms with E-state index in [0.29, 0.717) is 31.7 Å². The molecule has 2 amide bonds. The van der Waals surface area contributed by atoms with Crippen LogP contribution in [0.3, 0.4) is 0 Å². The molecule has 1 aromatic heterocycles. The van der Waals surface area contributed by atoms with Crippen molar-refractivity contribution in [2.45, 2.75) is 13.0 Å². The summed E-state index contributed by atoms with van der Waals surface area (Å²) in [7, 11) is 0. The van der Waals surface area contributed by atoms with Gasteiger partial charge in [0.15, 0.2) is 0 Å². The van der Waals surface area contributed by atoms with E-state index < -0.39 is 0 Å². The van der Waals surface area contributed by atoms with Crippen molar-refractivity contribution >= 4 is 28.4 Å². The summed E-state index contributed by atoms with van der Waals surface area (Å²) in [5.74, 6) is -0.431. The van der Waals surface area contributed by atoms with Crippen LogP contribution in [0.15, 0.2) is 72.8 Å². The van der Waals surface area contributed by atoms with Crippen LogP contribution in [-0.2, 0) is 4.79 Å². The number of carbonyl (C=O) groups is 2. The number of para-hydroxylation sites is 1. The van der Waals surface area contributed by atoms with E-state index in [4.69, 9.17) is 0 Å². The lowest BCUT2D eigenvalue weighted by molar-refractivity contribution is -0.132. The van der Waals surface area contributed by atoms with Gasteiger partial charge < -0.3 is 19.7 Å². The van der Waals surface area contributed by atoms with Gasteiger partial charge in [0, 0.05) is 59.6 Å². The Morgan fingerprint density at radius 3 is 2.42 bits per heavy atom. The van der Waals surface area contributed by atoms with Gasteiger partial charge in [-0.25, -0.2) is 4.39 Å². The summed E-state index contributed by atoms with van der Waals surface area (Å²) in [6.45, 7) is 4.49. The number of aromatic amines is 1. The molecule has 0 saturated carbocycles. The van der Waals surface area contributed by atoms with Crippen molar-refractivity contribution < 1.29 is 14.0 Å². The fraction of sp³-hybridized carbons (Fsp3) is 0.241. The third-order valence-corrected chi connectivity index (χ3v) is 7.40. The number of amides is 2. The average Bonchev–Trinajstić information content (AvgIpc) is 3.37. The summed E-state index contributed by atoms with van der Waals surface area (Å²) in [5, 5.41) is 1.06. The molecule has 3 heterocycles. The lowest BCUT2D eigenvalue weighted by atomic mass is 9.95. The number of carbonyl (C=O) groups excluding carboxylic acids is 2. The molecular formula is C29H27FN4O2. The molecule has 1 fully saturated rings. The minimum absolute atomic E-state index is 0.0215. The third-order valence-electron chi connectivity index (χ3n) is 7.40. The second-order valence-corrected chi connectivity index (χ2v) is 9.48. The number of halogens is 1. The van der Waals surface area contributed by atoms with E-state index in [-0.39, 0.29) is 30.2 Å². The van der Waals surface area contributed by atoms with E-state index in [1.807, 2.05) is 54.3 Å². The number of aromatic nitrogens is 1. The summed E-state index contributed by atoms with van der Waals surface area (Å²) in [6.07, 6.45) is 0. The molecule has 2 aliphatic heterocycles. The minimum Gasteiger partial charge on any atom is -0.368 e. The van der Waals surface area contributed by atoms with Gasteiger partial charge in [-0.15, -0.1) is 0 Å². The predicted molar refractivity (Wildman–Crippen MR) is 138 cm³/mol. The van der Waals surface area contributed by atoms with Crippen molar-refractivity contribution in [1.82, 2.24) is 14.8 Å². The van der Waals surface area contributed by atoms with Crippen LogP contribution in [0.1, 0.15) is 33.2 Å². The minimum atomic E-state index is -0.325. The highest BCUT2D eigenvalue weighted by atomic mass is 19.1. The van der Waals surface area contributed by atoms with Crippen LogP contribution in [0.25, 0.3) is 10.9 Å². The van der Waals surface area contributed by atoms with Crippen molar-refractivity contribution in [1.29, 1.82) is 0 Å². The standard InChI is InChI=1S/C29H27FN4O2/c1-19-27(24-8-4-5-9-25(24)31-19)28-22-6-2-3-7-23(22)29(36)34(28)18-26(35)33-16-14-32(15-17-33)21-12-10-20(30)11-13-21/h2-13,28,31H,14-18H2,1H3/t28-/m1/s1. The number of rotatable bonds is 4. The quantitative estimate of drug-likeness (QED) is 0.466. The summed E-state index contributed by atoms with van der Waals surface area (Å²) >= 11 is 0. The summed E-state index contributed by atoms with van der Waals surface area (Å²) < 4.78 is 13.3. The highest BCUT2D eigenvalue weighted by molar-refractivity contribution is 6.02. The van der Waals surface area contributed by atoms with Crippen LogP contribution in [-0.4, -0.2) is 59.3 Å². The number of fused-ring (bicyclic) bond motifs is 2. The number of piperazine rings is 1. The van der Waals surface area contributed by atoms with Crippen LogP contribution in [0.2, 0.25) is 0 Å². The number of nitrogens with zero attached hydrogens (tertiary/aromatic N) is 3. The van der Waals surface area contributed by atoms with Crippen LogP contribution >= 0.6 is 0 Å². The predicted octanol–water partition coefficient (Wildman–Crippen LogP) is 4.51. The monoisotopic (exact) mass is 482 g/mol. The molecule has 0 aliphatic carbocycles. The molecule has 0 radical (unpaired) electrons. The number of H-pyrrole nitrogens is 1. The maximum Gasteiger partial charge on any atom is 0.255 e. The Labute approximate surface area is 208 Å².